The number of hydrogen-bond acceptors (Lipinski definition) is 6. The second kappa shape index (κ2) is 9.36. The normalized spacial score (nSPS) is 15.4. The molecule has 1 fully saturated rings. The predicted molar refractivity (Wildman–Crippen MR) is 113 cm³/mol. The average molecular weight is 435 g/mol. The molecule has 0 aliphatic carbocycles. The van der Waals surface area contributed by atoms with E-state index in [2.05, 4.69) is 5.32 Å². The van der Waals surface area contributed by atoms with E-state index >= 15 is 0 Å². The third kappa shape index (κ3) is 4.52. The quantitative estimate of drug-likeness (QED) is 0.720. The lowest BCUT2D eigenvalue weighted by Crippen LogP contribution is -2.41. The number of para-hydroxylation sites is 2. The van der Waals surface area contributed by atoms with Crippen LogP contribution in [0, 0.1) is 5.92 Å². The topological polar surface area (TPSA) is 94.2 Å². The van der Waals surface area contributed by atoms with Crippen molar-refractivity contribution in [3.63, 3.8) is 0 Å². The van der Waals surface area contributed by atoms with Crippen LogP contribution in [0.4, 0.5) is 5.69 Å². The summed E-state index contributed by atoms with van der Waals surface area (Å²) in [4.78, 5) is 12.8. The number of carbonyl (C=O) groups is 1. The molecule has 1 amide bonds. The van der Waals surface area contributed by atoms with Crippen LogP contribution in [0.1, 0.15) is 12.8 Å². The minimum Gasteiger partial charge on any atom is -0.495 e. The standard InChI is InChI=1S/C21H26N2O6S/c1-27-18-7-5-4-6-17(18)22-21(24)15-10-12-23(13-11-15)30(25,26)16-8-9-19(28-2)20(14-16)29-3/h4-9,14-15H,10-13H2,1-3H3,(H,22,24). The van der Waals surface area contributed by atoms with E-state index in [1.54, 1.807) is 25.3 Å². The molecular formula is C21H26N2O6S. The molecule has 3 rings (SSSR count). The lowest BCUT2D eigenvalue weighted by atomic mass is 9.97. The molecule has 30 heavy (non-hydrogen) atoms. The Morgan fingerprint density at radius 1 is 0.933 bits per heavy atom. The lowest BCUT2D eigenvalue weighted by Gasteiger charge is -2.30. The molecule has 1 heterocycles. The Bertz CT molecular complexity index is 1000. The zero-order valence-electron chi connectivity index (χ0n) is 17.3. The zero-order valence-corrected chi connectivity index (χ0v) is 18.1. The highest BCUT2D eigenvalue weighted by atomic mass is 32.2. The minimum atomic E-state index is -3.69. The Labute approximate surface area is 176 Å². The number of rotatable bonds is 7. The van der Waals surface area contributed by atoms with Gasteiger partial charge in [-0.3, -0.25) is 4.79 Å². The van der Waals surface area contributed by atoms with E-state index in [4.69, 9.17) is 14.2 Å². The Morgan fingerprint density at radius 2 is 1.57 bits per heavy atom. The molecular weight excluding hydrogens is 408 g/mol. The molecule has 0 unspecified atom stereocenters. The lowest BCUT2D eigenvalue weighted by molar-refractivity contribution is -0.120. The molecule has 1 N–H and O–H groups in total. The molecule has 0 atom stereocenters. The van der Waals surface area contributed by atoms with Crippen LogP contribution in [0.5, 0.6) is 17.2 Å². The first-order chi connectivity index (χ1) is 14.4. The van der Waals surface area contributed by atoms with Crippen LogP contribution in [0.25, 0.3) is 0 Å². The van der Waals surface area contributed by atoms with Crippen molar-refractivity contribution in [3.05, 3.63) is 42.5 Å². The predicted octanol–water partition coefficient (Wildman–Crippen LogP) is 2.75. The van der Waals surface area contributed by atoms with Crippen LogP contribution >= 0.6 is 0 Å². The maximum absolute atomic E-state index is 13.0. The van der Waals surface area contributed by atoms with Gasteiger partial charge >= 0.3 is 0 Å². The van der Waals surface area contributed by atoms with Crippen LogP contribution in [-0.2, 0) is 14.8 Å². The van der Waals surface area contributed by atoms with Crippen LogP contribution < -0.4 is 19.5 Å². The number of carbonyl (C=O) groups excluding carboxylic acids is 1. The largest absolute Gasteiger partial charge is 0.495 e. The first-order valence-electron chi connectivity index (χ1n) is 9.56. The molecule has 2 aromatic carbocycles. The number of piperidine rings is 1. The average Bonchev–Trinajstić information content (AvgIpc) is 2.78. The number of nitrogens with one attached hydrogen (secondary N) is 1. The van der Waals surface area contributed by atoms with Crippen LogP contribution in [0.2, 0.25) is 0 Å². The number of sulfonamides is 1. The van der Waals surface area contributed by atoms with Crippen molar-refractivity contribution in [1.82, 2.24) is 4.31 Å². The van der Waals surface area contributed by atoms with Gasteiger partial charge in [0, 0.05) is 25.1 Å². The summed E-state index contributed by atoms with van der Waals surface area (Å²) in [6.07, 6.45) is 0.876. The summed E-state index contributed by atoms with van der Waals surface area (Å²) in [5, 5.41) is 2.88. The molecule has 0 radical (unpaired) electrons. The van der Waals surface area contributed by atoms with Crippen molar-refractivity contribution in [3.8, 4) is 17.2 Å². The Hall–Kier alpha value is -2.78. The molecule has 0 aromatic heterocycles. The fourth-order valence-electron chi connectivity index (χ4n) is 3.47. The first-order valence-corrected chi connectivity index (χ1v) is 11.0. The van der Waals surface area contributed by atoms with Gasteiger partial charge in [0.25, 0.3) is 0 Å². The van der Waals surface area contributed by atoms with Gasteiger partial charge in [0.05, 0.1) is 31.9 Å². The number of benzene rings is 2. The Balaban J connectivity index is 1.66. The van der Waals surface area contributed by atoms with Gasteiger partial charge in [-0.05, 0) is 37.1 Å². The summed E-state index contributed by atoms with van der Waals surface area (Å²) in [6.45, 7) is 0.529. The first kappa shape index (κ1) is 21.9. The van der Waals surface area contributed by atoms with Gasteiger partial charge < -0.3 is 19.5 Å². The number of nitrogens with zero attached hydrogens (tertiary/aromatic N) is 1. The molecule has 0 spiro atoms. The van der Waals surface area contributed by atoms with Crippen molar-refractivity contribution in [2.24, 2.45) is 5.92 Å². The SMILES string of the molecule is COc1ccccc1NC(=O)C1CCN(S(=O)(=O)c2ccc(OC)c(OC)c2)CC1. The van der Waals surface area contributed by atoms with Gasteiger partial charge in [-0.25, -0.2) is 8.42 Å². The molecule has 0 saturated carbocycles. The number of anilines is 1. The summed E-state index contributed by atoms with van der Waals surface area (Å²) in [5.41, 5.74) is 0.602. The van der Waals surface area contributed by atoms with Gasteiger partial charge in [0.15, 0.2) is 11.5 Å². The smallest absolute Gasteiger partial charge is 0.243 e. The second-order valence-electron chi connectivity index (χ2n) is 6.88. The second-order valence-corrected chi connectivity index (χ2v) is 8.82. The Kier molecular flexibility index (Phi) is 6.84. The van der Waals surface area contributed by atoms with Gasteiger partial charge in [0.1, 0.15) is 5.75 Å². The summed E-state index contributed by atoms with van der Waals surface area (Å²) in [5.74, 6) is 0.988. The van der Waals surface area contributed by atoms with E-state index in [1.165, 1.54) is 30.7 Å². The van der Waals surface area contributed by atoms with Crippen molar-refractivity contribution in [2.45, 2.75) is 17.7 Å². The van der Waals surface area contributed by atoms with E-state index in [9.17, 15) is 13.2 Å². The highest BCUT2D eigenvalue weighted by Crippen LogP contribution is 2.32. The van der Waals surface area contributed by atoms with Crippen LogP contribution in [0.3, 0.4) is 0 Å². The van der Waals surface area contributed by atoms with Gasteiger partial charge in [-0.15, -0.1) is 0 Å². The Morgan fingerprint density at radius 3 is 2.20 bits per heavy atom. The van der Waals surface area contributed by atoms with Crippen LogP contribution in [-0.4, -0.2) is 53.0 Å². The summed E-state index contributed by atoms with van der Waals surface area (Å²) in [6, 6.07) is 11.7. The fourth-order valence-corrected chi connectivity index (χ4v) is 4.95. The van der Waals surface area contributed by atoms with Gasteiger partial charge in [-0.2, -0.15) is 4.31 Å². The molecule has 1 saturated heterocycles. The van der Waals surface area contributed by atoms with E-state index in [0.29, 0.717) is 35.8 Å². The summed E-state index contributed by atoms with van der Waals surface area (Å²) >= 11 is 0. The summed E-state index contributed by atoms with van der Waals surface area (Å²) in [7, 11) is 0.803. The van der Waals surface area contributed by atoms with E-state index < -0.39 is 10.0 Å². The van der Waals surface area contributed by atoms with Crippen molar-refractivity contribution >= 4 is 21.6 Å². The molecule has 2 aromatic rings. The van der Waals surface area contributed by atoms with Crippen molar-refractivity contribution in [1.29, 1.82) is 0 Å². The van der Waals surface area contributed by atoms with Crippen molar-refractivity contribution < 1.29 is 27.4 Å². The zero-order chi connectivity index (χ0) is 21.7. The third-order valence-corrected chi connectivity index (χ3v) is 7.08. The minimum absolute atomic E-state index is 0.136. The van der Waals surface area contributed by atoms with Crippen molar-refractivity contribution in [2.75, 3.05) is 39.7 Å². The maximum Gasteiger partial charge on any atom is 0.243 e. The molecule has 9 heteroatoms. The maximum atomic E-state index is 13.0. The van der Waals surface area contributed by atoms with Crippen LogP contribution in [0.15, 0.2) is 47.4 Å². The molecule has 1 aliphatic heterocycles. The number of ether oxygens (including phenoxy) is 3. The monoisotopic (exact) mass is 434 g/mol. The van der Waals surface area contributed by atoms with Gasteiger partial charge in [0.2, 0.25) is 15.9 Å². The highest BCUT2D eigenvalue weighted by molar-refractivity contribution is 7.89. The van der Waals surface area contributed by atoms with E-state index in [-0.39, 0.29) is 29.8 Å². The number of methoxy groups -OCH3 is 3. The molecule has 162 valence electrons. The van der Waals surface area contributed by atoms with Gasteiger partial charge in [-0.1, -0.05) is 12.1 Å². The fraction of sp³-hybridized carbons (Fsp3) is 0.381. The molecule has 0 bridgehead atoms. The number of hydrogen-bond donors (Lipinski definition) is 1. The molecule has 1 aliphatic rings. The summed E-state index contributed by atoms with van der Waals surface area (Å²) < 4.78 is 43.1. The number of amides is 1. The highest BCUT2D eigenvalue weighted by Gasteiger charge is 2.32. The molecule has 8 nitrogen and oxygen atoms in total. The van der Waals surface area contributed by atoms with E-state index in [0.717, 1.165) is 0 Å². The van der Waals surface area contributed by atoms with E-state index in [1.807, 2.05) is 12.1 Å². The third-order valence-electron chi connectivity index (χ3n) is 5.18.